The summed E-state index contributed by atoms with van der Waals surface area (Å²) in [6.07, 6.45) is 0.998. The van der Waals surface area contributed by atoms with E-state index in [4.69, 9.17) is 9.15 Å². The maximum atomic E-state index is 12.3. The molecule has 0 radical (unpaired) electrons. The summed E-state index contributed by atoms with van der Waals surface area (Å²) in [4.78, 5) is 16.8. The van der Waals surface area contributed by atoms with Gasteiger partial charge in [-0.25, -0.2) is 4.98 Å². The summed E-state index contributed by atoms with van der Waals surface area (Å²) in [5.41, 5.74) is 4.26. The van der Waals surface area contributed by atoms with E-state index in [0.717, 1.165) is 29.0 Å². The van der Waals surface area contributed by atoms with Crippen LogP contribution in [0.2, 0.25) is 0 Å². The van der Waals surface area contributed by atoms with Gasteiger partial charge in [-0.15, -0.1) is 21.5 Å². The largest absolute Gasteiger partial charge is 0.484 e. The number of ether oxygens (including phenoxy) is 1. The molecule has 2 aromatic carbocycles. The van der Waals surface area contributed by atoms with E-state index in [1.165, 1.54) is 28.7 Å². The lowest BCUT2D eigenvalue weighted by Gasteiger charge is -2.03. The van der Waals surface area contributed by atoms with Crippen LogP contribution in [0.25, 0.3) is 11.3 Å². The fourth-order valence-corrected chi connectivity index (χ4v) is 4.18. The van der Waals surface area contributed by atoms with Gasteiger partial charge in [0.05, 0.1) is 11.4 Å². The van der Waals surface area contributed by atoms with Gasteiger partial charge in [0.25, 0.3) is 11.1 Å². The molecule has 2 heterocycles. The highest BCUT2D eigenvalue weighted by molar-refractivity contribution is 7.99. The first kappa shape index (κ1) is 22.0. The summed E-state index contributed by atoms with van der Waals surface area (Å²) < 4.78 is 11.2. The van der Waals surface area contributed by atoms with E-state index in [9.17, 15) is 4.79 Å². The molecule has 0 atom stereocenters. The van der Waals surface area contributed by atoms with Crippen LogP contribution < -0.4 is 10.1 Å². The van der Waals surface area contributed by atoms with Crippen molar-refractivity contribution < 1.29 is 13.9 Å². The van der Waals surface area contributed by atoms with Gasteiger partial charge in [-0.05, 0) is 36.6 Å². The van der Waals surface area contributed by atoms with Crippen LogP contribution in [0.5, 0.6) is 5.75 Å². The molecule has 164 valence electrons. The Morgan fingerprint density at radius 2 is 2.03 bits per heavy atom. The Balaban J connectivity index is 1.25. The molecule has 0 aliphatic heterocycles. The first-order valence-corrected chi connectivity index (χ1v) is 11.9. The van der Waals surface area contributed by atoms with Crippen LogP contribution >= 0.6 is 23.1 Å². The number of aromatic nitrogens is 3. The third kappa shape index (κ3) is 5.95. The van der Waals surface area contributed by atoms with Gasteiger partial charge in [-0.2, -0.15) is 0 Å². The molecule has 1 amide bonds. The van der Waals surface area contributed by atoms with Crippen LogP contribution in [0.15, 0.2) is 63.6 Å². The third-order valence-electron chi connectivity index (χ3n) is 4.54. The highest BCUT2D eigenvalue weighted by Crippen LogP contribution is 2.26. The average Bonchev–Trinajstić information content (AvgIpc) is 3.46. The summed E-state index contributed by atoms with van der Waals surface area (Å²) in [6.45, 7) is 4.29. The molecule has 0 bridgehead atoms. The Bertz CT molecular complexity index is 1190. The maximum Gasteiger partial charge on any atom is 0.277 e. The number of nitrogens with zero attached hydrogens (tertiary/aromatic N) is 3. The van der Waals surface area contributed by atoms with E-state index >= 15 is 0 Å². The van der Waals surface area contributed by atoms with Crippen LogP contribution in [0, 0.1) is 6.92 Å². The van der Waals surface area contributed by atoms with Crippen LogP contribution in [0.1, 0.15) is 23.9 Å². The number of hydrogen-bond acceptors (Lipinski definition) is 8. The molecule has 0 aliphatic rings. The van der Waals surface area contributed by atoms with Gasteiger partial charge in [-0.1, -0.05) is 55.1 Å². The molecular formula is C23H22N4O3S2. The van der Waals surface area contributed by atoms with Gasteiger partial charge in [0.15, 0.2) is 11.7 Å². The summed E-state index contributed by atoms with van der Waals surface area (Å²) in [7, 11) is 0. The van der Waals surface area contributed by atoms with Crippen molar-refractivity contribution in [2.45, 2.75) is 32.1 Å². The normalized spacial score (nSPS) is 10.8. The SMILES string of the molecule is CCc1ccc(-c2csc(NC(=O)CSc3nnc(COc4cccc(C)c4)o3)n2)cc1. The van der Waals surface area contributed by atoms with Crippen molar-refractivity contribution in [1.82, 2.24) is 15.2 Å². The van der Waals surface area contributed by atoms with Crippen LogP contribution in [0.4, 0.5) is 5.13 Å². The Kier molecular flexibility index (Phi) is 7.18. The Hall–Kier alpha value is -3.17. The molecule has 0 saturated carbocycles. The second-order valence-electron chi connectivity index (χ2n) is 6.99. The number of thiazole rings is 1. The van der Waals surface area contributed by atoms with Crippen molar-refractivity contribution in [3.63, 3.8) is 0 Å². The number of amides is 1. The van der Waals surface area contributed by atoms with Crippen molar-refractivity contribution >= 4 is 34.1 Å². The van der Waals surface area contributed by atoms with E-state index in [2.05, 4.69) is 39.6 Å². The minimum absolute atomic E-state index is 0.139. The number of thioether (sulfide) groups is 1. The molecule has 9 heteroatoms. The van der Waals surface area contributed by atoms with Gasteiger partial charge in [0.1, 0.15) is 5.75 Å². The van der Waals surface area contributed by atoms with Gasteiger partial charge in [-0.3, -0.25) is 4.79 Å². The molecule has 1 N–H and O–H groups in total. The molecule has 2 aromatic heterocycles. The second kappa shape index (κ2) is 10.4. The predicted octanol–water partition coefficient (Wildman–Crippen LogP) is 5.37. The number of hydrogen-bond donors (Lipinski definition) is 1. The van der Waals surface area contributed by atoms with Crippen LogP contribution in [0.3, 0.4) is 0 Å². The summed E-state index contributed by atoms with van der Waals surface area (Å²) >= 11 is 2.56. The molecule has 0 unspecified atom stereocenters. The minimum atomic E-state index is -0.187. The van der Waals surface area contributed by atoms with Crippen molar-refractivity contribution in [2.75, 3.05) is 11.1 Å². The average molecular weight is 467 g/mol. The van der Waals surface area contributed by atoms with Gasteiger partial charge in [0, 0.05) is 10.9 Å². The molecule has 4 aromatic rings. The van der Waals surface area contributed by atoms with E-state index < -0.39 is 0 Å². The topological polar surface area (TPSA) is 90.1 Å². The van der Waals surface area contributed by atoms with Gasteiger partial charge < -0.3 is 14.5 Å². The summed E-state index contributed by atoms with van der Waals surface area (Å²) in [6, 6.07) is 16.0. The maximum absolute atomic E-state index is 12.3. The highest BCUT2D eigenvalue weighted by atomic mass is 32.2. The number of benzene rings is 2. The number of aryl methyl sites for hydroxylation is 2. The van der Waals surface area contributed by atoms with E-state index in [1.807, 2.05) is 48.7 Å². The molecule has 4 rings (SSSR count). The first-order chi connectivity index (χ1) is 15.6. The highest BCUT2D eigenvalue weighted by Gasteiger charge is 2.12. The lowest BCUT2D eigenvalue weighted by molar-refractivity contribution is -0.113. The zero-order valence-corrected chi connectivity index (χ0v) is 19.3. The Morgan fingerprint density at radius 3 is 2.81 bits per heavy atom. The second-order valence-corrected chi connectivity index (χ2v) is 8.78. The molecule has 7 nitrogen and oxygen atoms in total. The van der Waals surface area contributed by atoms with Crippen LogP contribution in [-0.2, 0) is 17.8 Å². The summed E-state index contributed by atoms with van der Waals surface area (Å²) in [5, 5.41) is 13.5. The van der Waals surface area contributed by atoms with Crippen molar-refractivity contribution in [1.29, 1.82) is 0 Å². The zero-order chi connectivity index (χ0) is 22.3. The Morgan fingerprint density at radius 1 is 1.19 bits per heavy atom. The monoisotopic (exact) mass is 466 g/mol. The Labute approximate surface area is 194 Å². The standard InChI is InChI=1S/C23H22N4O3S2/c1-3-16-7-9-17(10-8-16)19-13-31-22(24-19)25-20(28)14-32-23-27-26-21(30-23)12-29-18-6-4-5-15(2)11-18/h4-11,13H,3,12,14H2,1-2H3,(H,24,25,28). The fourth-order valence-electron chi connectivity index (χ4n) is 2.86. The molecule has 0 saturated heterocycles. The van der Waals surface area contributed by atoms with E-state index in [-0.39, 0.29) is 18.3 Å². The fraction of sp³-hybridized carbons (Fsp3) is 0.217. The predicted molar refractivity (Wildman–Crippen MR) is 126 cm³/mol. The van der Waals surface area contributed by atoms with Gasteiger partial charge in [0.2, 0.25) is 5.91 Å². The minimum Gasteiger partial charge on any atom is -0.484 e. The number of anilines is 1. The van der Waals surface area contributed by atoms with Crippen molar-refractivity contribution in [3.05, 3.63) is 70.9 Å². The quantitative estimate of drug-likeness (QED) is 0.332. The smallest absolute Gasteiger partial charge is 0.277 e. The first-order valence-electron chi connectivity index (χ1n) is 10.1. The summed E-state index contributed by atoms with van der Waals surface area (Å²) in [5.74, 6) is 1.04. The van der Waals surface area contributed by atoms with Crippen LogP contribution in [-0.4, -0.2) is 26.8 Å². The van der Waals surface area contributed by atoms with Crippen molar-refractivity contribution in [2.24, 2.45) is 0 Å². The molecule has 0 fully saturated rings. The number of nitrogens with one attached hydrogen (secondary N) is 1. The molecule has 0 spiro atoms. The number of carbonyl (C=O) groups excluding carboxylic acids is 1. The molecule has 0 aliphatic carbocycles. The lowest BCUT2D eigenvalue weighted by Crippen LogP contribution is -2.13. The van der Waals surface area contributed by atoms with E-state index in [1.54, 1.807) is 0 Å². The zero-order valence-electron chi connectivity index (χ0n) is 17.7. The number of rotatable bonds is 9. The van der Waals surface area contributed by atoms with Crippen molar-refractivity contribution in [3.8, 4) is 17.0 Å². The number of carbonyl (C=O) groups is 1. The van der Waals surface area contributed by atoms with E-state index in [0.29, 0.717) is 16.2 Å². The lowest BCUT2D eigenvalue weighted by atomic mass is 10.1. The molecular weight excluding hydrogens is 444 g/mol. The molecule has 32 heavy (non-hydrogen) atoms. The van der Waals surface area contributed by atoms with Gasteiger partial charge >= 0.3 is 0 Å². The third-order valence-corrected chi connectivity index (χ3v) is 6.11.